The first kappa shape index (κ1) is 20.3. The lowest BCUT2D eigenvalue weighted by molar-refractivity contribution is 0.149. The van der Waals surface area contributed by atoms with Gasteiger partial charge in [-0.2, -0.15) is 0 Å². The van der Waals surface area contributed by atoms with Crippen LogP contribution in [0.5, 0.6) is 5.75 Å². The van der Waals surface area contributed by atoms with E-state index in [9.17, 15) is 0 Å². The zero-order valence-corrected chi connectivity index (χ0v) is 16.4. The summed E-state index contributed by atoms with van der Waals surface area (Å²) >= 11 is 0. The van der Waals surface area contributed by atoms with Gasteiger partial charge in [0.1, 0.15) is 5.75 Å². The monoisotopic (exact) mass is 387 g/mol. The van der Waals surface area contributed by atoms with E-state index in [-0.39, 0.29) is 0 Å². The maximum atomic E-state index is 5.74. The SMILES string of the molecule is C=CCCOc1cccc(-c2ccnc(Nc3cccc(COCC=C)c3)n2)c1. The molecular formula is C24H25N3O2. The van der Waals surface area contributed by atoms with Gasteiger partial charge in [0, 0.05) is 17.4 Å². The van der Waals surface area contributed by atoms with Crippen LogP contribution in [0.4, 0.5) is 11.6 Å². The van der Waals surface area contributed by atoms with Crippen LogP contribution in [0, 0.1) is 0 Å². The average molecular weight is 387 g/mol. The van der Waals surface area contributed by atoms with Crippen LogP contribution >= 0.6 is 0 Å². The number of hydrogen-bond acceptors (Lipinski definition) is 5. The first-order valence-corrected chi connectivity index (χ1v) is 9.50. The molecule has 29 heavy (non-hydrogen) atoms. The fourth-order valence-corrected chi connectivity index (χ4v) is 2.71. The molecule has 0 fully saturated rings. The van der Waals surface area contributed by atoms with E-state index in [2.05, 4.69) is 28.4 Å². The zero-order valence-electron chi connectivity index (χ0n) is 16.4. The van der Waals surface area contributed by atoms with Crippen molar-refractivity contribution in [1.29, 1.82) is 0 Å². The van der Waals surface area contributed by atoms with Crippen LogP contribution in [0.1, 0.15) is 12.0 Å². The van der Waals surface area contributed by atoms with Crippen molar-refractivity contribution in [1.82, 2.24) is 9.97 Å². The lowest BCUT2D eigenvalue weighted by Crippen LogP contribution is -1.99. The molecular weight excluding hydrogens is 362 g/mol. The molecule has 3 aromatic rings. The van der Waals surface area contributed by atoms with Gasteiger partial charge in [0.25, 0.3) is 0 Å². The van der Waals surface area contributed by atoms with Crippen molar-refractivity contribution in [3.05, 3.63) is 91.7 Å². The molecule has 0 aliphatic carbocycles. The molecule has 148 valence electrons. The van der Waals surface area contributed by atoms with Crippen LogP contribution < -0.4 is 10.1 Å². The summed E-state index contributed by atoms with van der Waals surface area (Å²) < 4.78 is 11.2. The topological polar surface area (TPSA) is 56.3 Å². The second kappa shape index (κ2) is 10.8. The number of nitrogens with zero attached hydrogens (tertiary/aromatic N) is 2. The Morgan fingerprint density at radius 2 is 1.90 bits per heavy atom. The van der Waals surface area contributed by atoms with Gasteiger partial charge < -0.3 is 14.8 Å². The van der Waals surface area contributed by atoms with E-state index in [0.717, 1.165) is 34.7 Å². The summed E-state index contributed by atoms with van der Waals surface area (Å²) in [5.74, 6) is 1.34. The van der Waals surface area contributed by atoms with Gasteiger partial charge in [-0.15, -0.1) is 13.2 Å². The van der Waals surface area contributed by atoms with Gasteiger partial charge >= 0.3 is 0 Å². The predicted molar refractivity (Wildman–Crippen MR) is 117 cm³/mol. The minimum Gasteiger partial charge on any atom is -0.493 e. The number of ether oxygens (including phenoxy) is 2. The van der Waals surface area contributed by atoms with Crippen molar-refractivity contribution < 1.29 is 9.47 Å². The predicted octanol–water partition coefficient (Wildman–Crippen LogP) is 5.54. The Bertz CT molecular complexity index is 956. The minimum atomic E-state index is 0.527. The first-order chi connectivity index (χ1) is 14.3. The Morgan fingerprint density at radius 1 is 1.00 bits per heavy atom. The molecule has 5 heteroatoms. The Morgan fingerprint density at radius 3 is 2.76 bits per heavy atom. The molecule has 0 spiro atoms. The van der Waals surface area contributed by atoms with Gasteiger partial charge in [-0.25, -0.2) is 9.97 Å². The molecule has 0 amide bonds. The maximum Gasteiger partial charge on any atom is 0.227 e. The summed E-state index contributed by atoms with van der Waals surface area (Å²) in [6, 6.07) is 17.7. The molecule has 0 unspecified atom stereocenters. The van der Waals surface area contributed by atoms with Crippen LogP contribution in [-0.4, -0.2) is 23.2 Å². The molecule has 0 aliphatic heterocycles. The van der Waals surface area contributed by atoms with E-state index in [1.165, 1.54) is 0 Å². The smallest absolute Gasteiger partial charge is 0.227 e. The molecule has 0 saturated carbocycles. The quantitative estimate of drug-likeness (QED) is 0.346. The van der Waals surface area contributed by atoms with Crippen molar-refractivity contribution in [2.24, 2.45) is 0 Å². The van der Waals surface area contributed by atoms with Gasteiger partial charge in [0.05, 0.1) is 25.5 Å². The van der Waals surface area contributed by atoms with Crippen molar-refractivity contribution >= 4 is 11.6 Å². The summed E-state index contributed by atoms with van der Waals surface area (Å²) in [6.07, 6.45) is 6.13. The fraction of sp³-hybridized carbons (Fsp3) is 0.167. The largest absolute Gasteiger partial charge is 0.493 e. The van der Waals surface area contributed by atoms with E-state index in [1.54, 1.807) is 12.3 Å². The third-order valence-electron chi connectivity index (χ3n) is 4.06. The highest BCUT2D eigenvalue weighted by atomic mass is 16.5. The Kier molecular flexibility index (Phi) is 7.55. The van der Waals surface area contributed by atoms with Gasteiger partial charge in [-0.1, -0.05) is 36.4 Å². The number of benzene rings is 2. The second-order valence-corrected chi connectivity index (χ2v) is 6.35. The highest BCUT2D eigenvalue weighted by molar-refractivity contribution is 5.63. The third kappa shape index (κ3) is 6.30. The molecule has 1 aromatic heterocycles. The molecule has 0 aliphatic rings. The normalized spacial score (nSPS) is 10.3. The zero-order chi connectivity index (χ0) is 20.3. The van der Waals surface area contributed by atoms with Gasteiger partial charge in [-0.3, -0.25) is 0 Å². The molecule has 0 bridgehead atoms. The Balaban J connectivity index is 1.71. The summed E-state index contributed by atoms with van der Waals surface area (Å²) in [7, 11) is 0. The molecule has 0 saturated heterocycles. The lowest BCUT2D eigenvalue weighted by Gasteiger charge is -2.10. The average Bonchev–Trinajstić information content (AvgIpc) is 2.75. The summed E-state index contributed by atoms with van der Waals surface area (Å²) in [5, 5.41) is 3.26. The maximum absolute atomic E-state index is 5.74. The number of hydrogen-bond donors (Lipinski definition) is 1. The summed E-state index contributed by atoms with van der Waals surface area (Å²) in [5.41, 5.74) is 3.76. The van der Waals surface area contributed by atoms with E-state index in [0.29, 0.717) is 25.8 Å². The molecule has 1 N–H and O–H groups in total. The van der Waals surface area contributed by atoms with Crippen LogP contribution in [0.3, 0.4) is 0 Å². The highest BCUT2D eigenvalue weighted by Gasteiger charge is 2.05. The van der Waals surface area contributed by atoms with Crippen LogP contribution in [0.2, 0.25) is 0 Å². The molecule has 0 atom stereocenters. The third-order valence-corrected chi connectivity index (χ3v) is 4.06. The molecule has 0 radical (unpaired) electrons. The molecule has 3 rings (SSSR count). The second-order valence-electron chi connectivity index (χ2n) is 6.35. The number of aromatic nitrogens is 2. The van der Waals surface area contributed by atoms with Crippen molar-refractivity contribution in [2.45, 2.75) is 13.0 Å². The van der Waals surface area contributed by atoms with E-state index in [4.69, 9.17) is 9.47 Å². The first-order valence-electron chi connectivity index (χ1n) is 9.50. The standard InChI is InChI=1S/C24H25N3O2/c1-3-5-15-29-22-11-7-9-20(17-22)23-12-13-25-24(27-23)26-21-10-6-8-19(16-21)18-28-14-4-2/h3-4,6-13,16-17H,1-2,5,14-15,18H2,(H,25,26,27). The number of nitrogens with one attached hydrogen (secondary N) is 1. The fourth-order valence-electron chi connectivity index (χ4n) is 2.71. The highest BCUT2D eigenvalue weighted by Crippen LogP contribution is 2.24. The van der Waals surface area contributed by atoms with E-state index >= 15 is 0 Å². The summed E-state index contributed by atoms with van der Waals surface area (Å²) in [4.78, 5) is 8.98. The van der Waals surface area contributed by atoms with Gasteiger partial charge in [0.2, 0.25) is 5.95 Å². The lowest BCUT2D eigenvalue weighted by atomic mass is 10.1. The number of rotatable bonds is 11. The van der Waals surface area contributed by atoms with Crippen molar-refractivity contribution in [3.8, 4) is 17.0 Å². The van der Waals surface area contributed by atoms with Gasteiger partial charge in [-0.05, 0) is 42.3 Å². The van der Waals surface area contributed by atoms with Crippen LogP contribution in [0.15, 0.2) is 86.1 Å². The molecule has 1 heterocycles. The molecule has 5 nitrogen and oxygen atoms in total. The van der Waals surface area contributed by atoms with Crippen molar-refractivity contribution in [2.75, 3.05) is 18.5 Å². The van der Waals surface area contributed by atoms with Crippen LogP contribution in [-0.2, 0) is 11.3 Å². The Labute approximate surface area is 171 Å². The minimum absolute atomic E-state index is 0.527. The Hall–Kier alpha value is -3.44. The van der Waals surface area contributed by atoms with Gasteiger partial charge in [0.15, 0.2) is 0 Å². The van der Waals surface area contributed by atoms with Crippen LogP contribution in [0.25, 0.3) is 11.3 Å². The van der Waals surface area contributed by atoms with E-state index < -0.39 is 0 Å². The molecule has 2 aromatic carbocycles. The number of anilines is 2. The van der Waals surface area contributed by atoms with E-state index in [1.807, 2.05) is 60.7 Å². The summed E-state index contributed by atoms with van der Waals surface area (Å²) in [6.45, 7) is 9.03. The van der Waals surface area contributed by atoms with Crippen molar-refractivity contribution in [3.63, 3.8) is 0 Å².